The van der Waals surface area contributed by atoms with E-state index in [0.29, 0.717) is 18.1 Å². The molecule has 6 heteroatoms. The Kier molecular flexibility index (Phi) is 6.25. The molecule has 0 bridgehead atoms. The fourth-order valence-corrected chi connectivity index (χ4v) is 4.19. The molecule has 2 fully saturated rings. The molecule has 3 N–H and O–H groups in total. The molecule has 2 unspecified atom stereocenters. The second-order valence-corrected chi connectivity index (χ2v) is 7.84. The summed E-state index contributed by atoms with van der Waals surface area (Å²) in [5.41, 5.74) is 8.82. The first kappa shape index (κ1) is 18.5. The monoisotopic (exact) mass is 346 g/mol. The topological polar surface area (TPSA) is 65.1 Å². The van der Waals surface area contributed by atoms with E-state index in [-0.39, 0.29) is 0 Å². The third kappa shape index (κ3) is 4.90. The first-order valence-electron chi connectivity index (χ1n) is 9.84. The smallest absolute Gasteiger partial charge is 0.225 e. The molecule has 0 spiro atoms. The van der Waals surface area contributed by atoms with E-state index in [1.165, 1.54) is 25.7 Å². The van der Waals surface area contributed by atoms with Crippen LogP contribution in [0.25, 0.3) is 0 Å². The summed E-state index contributed by atoms with van der Waals surface area (Å²) < 4.78 is 0. The summed E-state index contributed by atoms with van der Waals surface area (Å²) in [6.07, 6.45) is 4.89. The Labute approximate surface area is 152 Å². The van der Waals surface area contributed by atoms with Gasteiger partial charge in [-0.25, -0.2) is 9.97 Å². The SMILES string of the molecule is Cc1cc(C)nc(N2CCC(NCCCC3C(C)NNC3C)CC2)n1. The van der Waals surface area contributed by atoms with Gasteiger partial charge in [-0.15, -0.1) is 0 Å². The van der Waals surface area contributed by atoms with Crippen LogP contribution in [-0.2, 0) is 0 Å². The molecule has 2 aliphatic heterocycles. The van der Waals surface area contributed by atoms with Crippen LogP contribution in [0, 0.1) is 19.8 Å². The van der Waals surface area contributed by atoms with Gasteiger partial charge in [-0.3, -0.25) is 10.9 Å². The van der Waals surface area contributed by atoms with Crippen LogP contribution in [0.3, 0.4) is 0 Å². The van der Waals surface area contributed by atoms with Gasteiger partial charge in [0.25, 0.3) is 0 Å². The zero-order chi connectivity index (χ0) is 17.8. The van der Waals surface area contributed by atoms with Crippen molar-refractivity contribution in [2.24, 2.45) is 5.92 Å². The van der Waals surface area contributed by atoms with E-state index in [4.69, 9.17) is 0 Å². The Morgan fingerprint density at radius 3 is 2.28 bits per heavy atom. The average molecular weight is 347 g/mol. The van der Waals surface area contributed by atoms with Gasteiger partial charge in [0.15, 0.2) is 0 Å². The van der Waals surface area contributed by atoms with Crippen molar-refractivity contribution < 1.29 is 0 Å². The highest BCUT2D eigenvalue weighted by atomic mass is 15.4. The Morgan fingerprint density at radius 1 is 1.08 bits per heavy atom. The number of aromatic nitrogens is 2. The number of piperidine rings is 1. The molecule has 0 aliphatic carbocycles. The normalized spacial score (nSPS) is 27.8. The van der Waals surface area contributed by atoms with Crippen LogP contribution >= 0.6 is 0 Å². The molecule has 2 saturated heterocycles. The lowest BCUT2D eigenvalue weighted by molar-refractivity contribution is 0.370. The van der Waals surface area contributed by atoms with Crippen molar-refractivity contribution in [3.8, 4) is 0 Å². The summed E-state index contributed by atoms with van der Waals surface area (Å²) in [7, 11) is 0. The molecule has 1 aromatic rings. The minimum absolute atomic E-state index is 0.580. The molecule has 6 nitrogen and oxygen atoms in total. The number of nitrogens with one attached hydrogen (secondary N) is 3. The van der Waals surface area contributed by atoms with Crippen molar-refractivity contribution in [2.45, 2.75) is 71.5 Å². The number of hydrazine groups is 1. The molecule has 25 heavy (non-hydrogen) atoms. The van der Waals surface area contributed by atoms with Gasteiger partial charge in [0.2, 0.25) is 5.95 Å². The molecular weight excluding hydrogens is 312 g/mol. The predicted octanol–water partition coefficient (Wildman–Crippen LogP) is 1.93. The molecule has 0 aromatic carbocycles. The van der Waals surface area contributed by atoms with Crippen LogP contribution in [0.4, 0.5) is 5.95 Å². The van der Waals surface area contributed by atoms with Crippen molar-refractivity contribution in [3.05, 3.63) is 17.5 Å². The quantitative estimate of drug-likeness (QED) is 0.684. The lowest BCUT2D eigenvalue weighted by Gasteiger charge is -2.33. The zero-order valence-electron chi connectivity index (χ0n) is 16.2. The molecule has 2 atom stereocenters. The minimum atomic E-state index is 0.580. The van der Waals surface area contributed by atoms with Crippen LogP contribution < -0.4 is 21.1 Å². The molecule has 140 valence electrons. The molecule has 3 heterocycles. The van der Waals surface area contributed by atoms with Gasteiger partial charge < -0.3 is 10.2 Å². The fourth-order valence-electron chi connectivity index (χ4n) is 4.19. The van der Waals surface area contributed by atoms with Crippen molar-refractivity contribution in [1.82, 2.24) is 26.1 Å². The lowest BCUT2D eigenvalue weighted by atomic mass is 9.91. The predicted molar refractivity (Wildman–Crippen MR) is 103 cm³/mol. The Balaban J connectivity index is 1.36. The van der Waals surface area contributed by atoms with Crippen molar-refractivity contribution in [1.29, 1.82) is 0 Å². The summed E-state index contributed by atoms with van der Waals surface area (Å²) in [6, 6.07) is 3.83. The van der Waals surface area contributed by atoms with E-state index in [0.717, 1.165) is 42.9 Å². The van der Waals surface area contributed by atoms with Gasteiger partial charge in [0.05, 0.1) is 0 Å². The lowest BCUT2D eigenvalue weighted by Crippen LogP contribution is -2.43. The first-order chi connectivity index (χ1) is 12.0. The van der Waals surface area contributed by atoms with E-state index >= 15 is 0 Å². The number of nitrogens with zero attached hydrogens (tertiary/aromatic N) is 3. The summed E-state index contributed by atoms with van der Waals surface area (Å²) in [4.78, 5) is 11.5. The largest absolute Gasteiger partial charge is 0.341 e. The van der Waals surface area contributed by atoms with E-state index in [9.17, 15) is 0 Å². The molecule has 3 rings (SSSR count). The second kappa shape index (κ2) is 8.43. The maximum atomic E-state index is 4.60. The fraction of sp³-hybridized carbons (Fsp3) is 0.789. The van der Waals surface area contributed by atoms with Crippen LogP contribution in [0.15, 0.2) is 6.07 Å². The highest BCUT2D eigenvalue weighted by Gasteiger charge is 2.29. The highest BCUT2D eigenvalue weighted by Crippen LogP contribution is 2.20. The van der Waals surface area contributed by atoms with Gasteiger partial charge in [0.1, 0.15) is 0 Å². The van der Waals surface area contributed by atoms with Crippen LogP contribution in [-0.4, -0.2) is 47.7 Å². The second-order valence-electron chi connectivity index (χ2n) is 7.84. The highest BCUT2D eigenvalue weighted by molar-refractivity contribution is 5.32. The Hall–Kier alpha value is -1.24. The molecule has 0 radical (unpaired) electrons. The molecule has 1 aromatic heterocycles. The Bertz CT molecular complexity index is 525. The number of anilines is 1. The standard InChI is InChI=1S/C19H34N6/c1-13-12-14(2)22-19(21-13)25-10-7-17(8-11-25)20-9-5-6-18-15(3)23-24-16(18)4/h12,15-18,20,23-24H,5-11H2,1-4H3. The molecule has 0 amide bonds. The first-order valence-corrected chi connectivity index (χ1v) is 9.84. The number of rotatable bonds is 6. The van der Waals surface area contributed by atoms with Gasteiger partial charge >= 0.3 is 0 Å². The summed E-state index contributed by atoms with van der Waals surface area (Å²) >= 11 is 0. The summed E-state index contributed by atoms with van der Waals surface area (Å²) in [5.74, 6) is 1.64. The maximum absolute atomic E-state index is 4.60. The van der Waals surface area contributed by atoms with Crippen molar-refractivity contribution in [3.63, 3.8) is 0 Å². The summed E-state index contributed by atoms with van der Waals surface area (Å²) in [5, 5.41) is 3.76. The number of hydrogen-bond donors (Lipinski definition) is 3. The van der Waals surface area contributed by atoms with Gasteiger partial charge in [-0.1, -0.05) is 0 Å². The third-order valence-corrected chi connectivity index (χ3v) is 5.72. The van der Waals surface area contributed by atoms with Gasteiger partial charge in [-0.05, 0) is 71.9 Å². The van der Waals surface area contributed by atoms with Crippen LogP contribution in [0.5, 0.6) is 0 Å². The van der Waals surface area contributed by atoms with Crippen molar-refractivity contribution >= 4 is 5.95 Å². The minimum Gasteiger partial charge on any atom is -0.341 e. The molecule has 0 saturated carbocycles. The van der Waals surface area contributed by atoms with E-state index in [1.54, 1.807) is 0 Å². The van der Waals surface area contributed by atoms with Gasteiger partial charge in [0, 0.05) is 42.6 Å². The van der Waals surface area contributed by atoms with Crippen LogP contribution in [0.2, 0.25) is 0 Å². The van der Waals surface area contributed by atoms with Gasteiger partial charge in [-0.2, -0.15) is 0 Å². The van der Waals surface area contributed by atoms with Crippen LogP contribution in [0.1, 0.15) is 50.9 Å². The Morgan fingerprint density at radius 2 is 1.68 bits per heavy atom. The number of hydrogen-bond acceptors (Lipinski definition) is 6. The third-order valence-electron chi connectivity index (χ3n) is 5.72. The van der Waals surface area contributed by atoms with E-state index in [1.807, 2.05) is 19.9 Å². The molecular formula is C19H34N6. The number of aryl methyl sites for hydroxylation is 2. The van der Waals surface area contributed by atoms with E-state index < -0.39 is 0 Å². The van der Waals surface area contributed by atoms with Crippen molar-refractivity contribution in [2.75, 3.05) is 24.5 Å². The zero-order valence-corrected chi connectivity index (χ0v) is 16.2. The average Bonchev–Trinajstić information content (AvgIpc) is 2.90. The maximum Gasteiger partial charge on any atom is 0.225 e. The summed E-state index contributed by atoms with van der Waals surface area (Å²) in [6.45, 7) is 11.9. The van der Waals surface area contributed by atoms with E-state index in [2.05, 4.69) is 44.9 Å². The molecule has 2 aliphatic rings.